The number of hydrazine groups is 1. The molecule has 1 aliphatic heterocycles. The third kappa shape index (κ3) is 5.31. The number of anilines is 1. The highest BCUT2D eigenvalue weighted by molar-refractivity contribution is 14.1. The second-order valence-electron chi connectivity index (χ2n) is 7.06. The zero-order chi connectivity index (χ0) is 21.7. The molecule has 0 saturated carbocycles. The highest BCUT2D eigenvalue weighted by atomic mass is 127. The van der Waals surface area contributed by atoms with Crippen LogP contribution in [0.2, 0.25) is 0 Å². The summed E-state index contributed by atoms with van der Waals surface area (Å²) in [6.07, 6.45) is 5.11. The summed E-state index contributed by atoms with van der Waals surface area (Å²) in [6, 6.07) is 13.3. The molecule has 158 valence electrons. The predicted molar refractivity (Wildman–Crippen MR) is 126 cm³/mol. The lowest BCUT2D eigenvalue weighted by atomic mass is 10.0. The summed E-state index contributed by atoms with van der Waals surface area (Å²) < 4.78 is 13.8. The second-order valence-corrected chi connectivity index (χ2v) is 8.93. The number of nitrogens with zero attached hydrogens (tertiary/aromatic N) is 1. The average molecular weight is 521 g/mol. The molecule has 3 rings (SSSR count). The minimum Gasteiger partial charge on any atom is -0.405 e. The van der Waals surface area contributed by atoms with Crippen molar-refractivity contribution in [3.63, 3.8) is 0 Å². The van der Waals surface area contributed by atoms with Gasteiger partial charge < -0.3 is 16.8 Å². The topological polar surface area (TPSA) is 96.4 Å². The number of nitrogens with one attached hydrogen (secondary N) is 2. The quantitative estimate of drug-likeness (QED) is 0.263. The molecular formula is C22H25FIN5O. The summed E-state index contributed by atoms with van der Waals surface area (Å²) in [6.45, 7) is 2.11. The van der Waals surface area contributed by atoms with E-state index in [0.717, 1.165) is 11.3 Å². The van der Waals surface area contributed by atoms with Crippen molar-refractivity contribution in [2.45, 2.75) is 29.4 Å². The molecule has 1 fully saturated rings. The number of allylic oxidation sites excluding steroid dienone is 2. The van der Waals surface area contributed by atoms with E-state index in [1.807, 2.05) is 24.3 Å². The van der Waals surface area contributed by atoms with Crippen molar-refractivity contribution >= 4 is 34.2 Å². The third-order valence-electron chi connectivity index (χ3n) is 4.93. The first-order valence-corrected chi connectivity index (χ1v) is 10.8. The van der Waals surface area contributed by atoms with Crippen LogP contribution in [0.5, 0.6) is 0 Å². The standard InChI is InChI=1S/C22H25FIN5O/c1-14(24)15-6-10-18(11-7-15)27-22(30)19-13-20(16-4-8-17(23)9-5-16)29(28-19)21(26)3-2-12-25/h2-12,14,19-20,28H,13,25-26H2,1H3,(H,27,30)/b12-2-,21-3+. The first-order chi connectivity index (χ1) is 14.4. The number of rotatable bonds is 6. The van der Waals surface area contributed by atoms with Crippen LogP contribution in [0, 0.1) is 5.82 Å². The normalized spacial score (nSPS) is 20.5. The number of alkyl halides is 1. The van der Waals surface area contributed by atoms with Gasteiger partial charge in [-0.05, 0) is 67.1 Å². The van der Waals surface area contributed by atoms with Crippen molar-refractivity contribution in [2.75, 3.05) is 5.32 Å². The summed E-state index contributed by atoms with van der Waals surface area (Å²) in [4.78, 5) is 12.9. The van der Waals surface area contributed by atoms with Crippen LogP contribution in [0.25, 0.3) is 0 Å². The van der Waals surface area contributed by atoms with Gasteiger partial charge in [0.05, 0.1) is 6.04 Å². The maximum Gasteiger partial charge on any atom is 0.243 e. The van der Waals surface area contributed by atoms with Crippen LogP contribution >= 0.6 is 22.6 Å². The van der Waals surface area contributed by atoms with Gasteiger partial charge in [0.15, 0.2) is 0 Å². The monoisotopic (exact) mass is 521 g/mol. The summed E-state index contributed by atoms with van der Waals surface area (Å²) in [5.41, 5.74) is 17.5. The molecule has 6 N–H and O–H groups in total. The summed E-state index contributed by atoms with van der Waals surface area (Å²) >= 11 is 2.35. The van der Waals surface area contributed by atoms with E-state index < -0.39 is 6.04 Å². The zero-order valence-electron chi connectivity index (χ0n) is 16.6. The molecule has 0 bridgehead atoms. The average Bonchev–Trinajstić information content (AvgIpc) is 3.18. The van der Waals surface area contributed by atoms with Crippen LogP contribution in [0.4, 0.5) is 10.1 Å². The summed E-state index contributed by atoms with van der Waals surface area (Å²) in [5.74, 6) is -0.0758. The van der Waals surface area contributed by atoms with Gasteiger partial charge in [-0.2, -0.15) is 0 Å². The molecule has 1 aliphatic rings. The Bertz CT molecular complexity index is 928. The van der Waals surface area contributed by atoms with E-state index >= 15 is 0 Å². The van der Waals surface area contributed by atoms with Gasteiger partial charge in [0.25, 0.3) is 0 Å². The molecular weight excluding hydrogens is 496 g/mol. The van der Waals surface area contributed by atoms with Gasteiger partial charge in [0.1, 0.15) is 17.7 Å². The lowest BCUT2D eigenvalue weighted by Crippen LogP contribution is -2.43. The largest absolute Gasteiger partial charge is 0.405 e. The number of nitrogens with two attached hydrogens (primary N) is 2. The van der Waals surface area contributed by atoms with Crippen LogP contribution in [0.15, 0.2) is 72.7 Å². The molecule has 30 heavy (non-hydrogen) atoms. The van der Waals surface area contributed by atoms with Gasteiger partial charge >= 0.3 is 0 Å². The molecule has 1 heterocycles. The Morgan fingerprint density at radius 3 is 2.53 bits per heavy atom. The highest BCUT2D eigenvalue weighted by Crippen LogP contribution is 2.32. The van der Waals surface area contributed by atoms with Gasteiger partial charge in [-0.25, -0.2) is 9.82 Å². The summed E-state index contributed by atoms with van der Waals surface area (Å²) in [5, 5.41) is 4.67. The number of carbonyl (C=O) groups excluding carboxylic acids is 1. The first-order valence-electron chi connectivity index (χ1n) is 9.59. The summed E-state index contributed by atoms with van der Waals surface area (Å²) in [7, 11) is 0. The van der Waals surface area contributed by atoms with Crippen LogP contribution in [-0.2, 0) is 4.79 Å². The molecule has 1 saturated heterocycles. The van der Waals surface area contributed by atoms with Crippen molar-refractivity contribution in [3.05, 3.63) is 89.6 Å². The molecule has 8 heteroatoms. The maximum absolute atomic E-state index is 13.4. The van der Waals surface area contributed by atoms with E-state index in [4.69, 9.17) is 11.5 Å². The Balaban J connectivity index is 1.78. The molecule has 0 aliphatic carbocycles. The predicted octanol–water partition coefficient (Wildman–Crippen LogP) is 3.85. The zero-order valence-corrected chi connectivity index (χ0v) is 18.7. The number of benzene rings is 2. The van der Waals surface area contributed by atoms with Crippen molar-refractivity contribution in [1.82, 2.24) is 10.4 Å². The lowest BCUT2D eigenvalue weighted by molar-refractivity contribution is -0.118. The lowest BCUT2D eigenvalue weighted by Gasteiger charge is -2.26. The minimum atomic E-state index is -0.503. The van der Waals surface area contributed by atoms with Crippen molar-refractivity contribution in [3.8, 4) is 0 Å². The first kappa shape index (κ1) is 22.1. The number of hydrogen-bond donors (Lipinski definition) is 4. The van der Waals surface area contributed by atoms with Crippen LogP contribution in [0.1, 0.15) is 34.4 Å². The Morgan fingerprint density at radius 1 is 1.27 bits per heavy atom. The number of hydrogen-bond acceptors (Lipinski definition) is 5. The van der Waals surface area contributed by atoms with E-state index in [1.54, 1.807) is 29.3 Å². The van der Waals surface area contributed by atoms with E-state index in [1.165, 1.54) is 23.9 Å². The van der Waals surface area contributed by atoms with E-state index in [-0.39, 0.29) is 17.8 Å². The highest BCUT2D eigenvalue weighted by Gasteiger charge is 2.37. The molecule has 2 aromatic rings. The Kier molecular flexibility index (Phi) is 7.33. The number of carbonyl (C=O) groups is 1. The number of halogens is 2. The van der Waals surface area contributed by atoms with Gasteiger partial charge in [-0.3, -0.25) is 9.80 Å². The van der Waals surface area contributed by atoms with Gasteiger partial charge in [-0.1, -0.05) is 46.9 Å². The molecule has 3 atom stereocenters. The van der Waals surface area contributed by atoms with Crippen LogP contribution < -0.4 is 22.2 Å². The Hall–Kier alpha value is -2.59. The van der Waals surface area contributed by atoms with Crippen LogP contribution in [-0.4, -0.2) is 17.0 Å². The van der Waals surface area contributed by atoms with Gasteiger partial charge in [0.2, 0.25) is 5.91 Å². The molecule has 0 spiro atoms. The molecule has 2 aromatic carbocycles. The molecule has 0 aromatic heterocycles. The molecule has 6 nitrogen and oxygen atoms in total. The smallest absolute Gasteiger partial charge is 0.243 e. The second kappa shape index (κ2) is 9.94. The fourth-order valence-electron chi connectivity index (χ4n) is 3.32. The molecule has 1 amide bonds. The Labute approximate surface area is 189 Å². The SMILES string of the molecule is CC(I)c1ccc(NC(=O)C2CC(c3ccc(F)cc3)N(/C(N)=C/C=C\N)N2)cc1. The van der Waals surface area contributed by atoms with Crippen molar-refractivity contribution in [1.29, 1.82) is 0 Å². The van der Waals surface area contributed by atoms with Crippen molar-refractivity contribution in [2.24, 2.45) is 11.5 Å². The Morgan fingerprint density at radius 2 is 1.93 bits per heavy atom. The van der Waals surface area contributed by atoms with Gasteiger partial charge in [0, 0.05) is 9.61 Å². The molecule has 0 radical (unpaired) electrons. The van der Waals surface area contributed by atoms with Crippen molar-refractivity contribution < 1.29 is 9.18 Å². The fourth-order valence-corrected chi connectivity index (χ4v) is 3.74. The fraction of sp³-hybridized carbons (Fsp3) is 0.227. The van der Waals surface area contributed by atoms with Gasteiger partial charge in [-0.15, -0.1) is 0 Å². The van der Waals surface area contributed by atoms with E-state index in [2.05, 4.69) is 40.3 Å². The minimum absolute atomic E-state index is 0.165. The van der Waals surface area contributed by atoms with E-state index in [9.17, 15) is 9.18 Å². The van der Waals surface area contributed by atoms with E-state index in [0.29, 0.717) is 16.2 Å². The van der Waals surface area contributed by atoms with Crippen LogP contribution in [0.3, 0.4) is 0 Å². The molecule has 3 unspecified atom stereocenters. The maximum atomic E-state index is 13.4. The number of amides is 1. The third-order valence-corrected chi connectivity index (χ3v) is 5.65.